The molecule has 1 aliphatic heterocycles. The van der Waals surface area contributed by atoms with E-state index in [2.05, 4.69) is 15.3 Å². The van der Waals surface area contributed by atoms with Gasteiger partial charge in [-0.05, 0) is 37.3 Å². The van der Waals surface area contributed by atoms with Gasteiger partial charge in [-0.1, -0.05) is 43.4 Å². The first-order valence-electron chi connectivity index (χ1n) is 9.93. The zero-order chi connectivity index (χ0) is 17.8. The third-order valence-corrected chi connectivity index (χ3v) is 5.79. The highest BCUT2D eigenvalue weighted by Gasteiger charge is 2.32. The number of carbonyl (C=O) groups is 1. The average Bonchev–Trinajstić information content (AvgIpc) is 3.37. The maximum atomic E-state index is 12.9. The number of hydrogen-bond acceptors (Lipinski definition) is 4. The average molecular weight is 353 g/mol. The lowest BCUT2D eigenvalue weighted by Gasteiger charge is -2.23. The van der Waals surface area contributed by atoms with E-state index in [0.717, 1.165) is 44.0 Å². The zero-order valence-electron chi connectivity index (χ0n) is 15.3. The lowest BCUT2D eigenvalue weighted by atomic mass is 9.87. The fourth-order valence-electron chi connectivity index (χ4n) is 4.33. The number of rotatable bonds is 5. The van der Waals surface area contributed by atoms with Crippen molar-refractivity contribution >= 4 is 5.91 Å². The van der Waals surface area contributed by atoms with Crippen molar-refractivity contribution in [2.75, 3.05) is 6.54 Å². The SMILES string of the molecule is O=C(c1cn(CCC2CCCCC2)nn1)N1CCCC1c1ccccn1. The van der Waals surface area contributed by atoms with Crippen molar-refractivity contribution in [1.29, 1.82) is 0 Å². The highest BCUT2D eigenvalue weighted by molar-refractivity contribution is 5.92. The van der Waals surface area contributed by atoms with Crippen LogP contribution < -0.4 is 0 Å². The molecule has 1 amide bonds. The van der Waals surface area contributed by atoms with Crippen molar-refractivity contribution in [2.24, 2.45) is 5.92 Å². The first-order chi connectivity index (χ1) is 12.8. The molecule has 3 heterocycles. The van der Waals surface area contributed by atoms with Gasteiger partial charge in [-0.25, -0.2) is 0 Å². The molecule has 0 spiro atoms. The van der Waals surface area contributed by atoms with E-state index in [9.17, 15) is 4.79 Å². The Morgan fingerprint density at radius 2 is 2.00 bits per heavy atom. The van der Waals surface area contributed by atoms with E-state index in [0.29, 0.717) is 5.69 Å². The number of aryl methyl sites for hydroxylation is 1. The smallest absolute Gasteiger partial charge is 0.276 e. The highest BCUT2D eigenvalue weighted by atomic mass is 16.2. The molecule has 6 nitrogen and oxygen atoms in total. The number of aromatic nitrogens is 4. The first kappa shape index (κ1) is 17.2. The van der Waals surface area contributed by atoms with E-state index in [1.54, 1.807) is 6.20 Å². The molecule has 26 heavy (non-hydrogen) atoms. The van der Waals surface area contributed by atoms with E-state index in [1.807, 2.05) is 34.0 Å². The van der Waals surface area contributed by atoms with E-state index in [4.69, 9.17) is 0 Å². The van der Waals surface area contributed by atoms with Gasteiger partial charge in [0.05, 0.1) is 17.9 Å². The number of pyridine rings is 1. The van der Waals surface area contributed by atoms with Crippen LogP contribution in [0.15, 0.2) is 30.6 Å². The fourth-order valence-corrected chi connectivity index (χ4v) is 4.33. The Kier molecular flexibility index (Phi) is 5.27. The maximum Gasteiger partial charge on any atom is 0.276 e. The minimum absolute atomic E-state index is 0.0259. The largest absolute Gasteiger partial charge is 0.329 e. The van der Waals surface area contributed by atoms with Crippen LogP contribution in [-0.4, -0.2) is 37.3 Å². The Balaban J connectivity index is 1.39. The van der Waals surface area contributed by atoms with Crippen molar-refractivity contribution in [3.63, 3.8) is 0 Å². The van der Waals surface area contributed by atoms with Crippen molar-refractivity contribution in [3.05, 3.63) is 42.0 Å². The summed E-state index contributed by atoms with van der Waals surface area (Å²) >= 11 is 0. The van der Waals surface area contributed by atoms with E-state index < -0.39 is 0 Å². The molecule has 4 rings (SSSR count). The molecule has 0 N–H and O–H groups in total. The fraction of sp³-hybridized carbons (Fsp3) is 0.600. The summed E-state index contributed by atoms with van der Waals surface area (Å²) in [6.45, 7) is 1.61. The molecule has 0 radical (unpaired) electrons. The summed E-state index contributed by atoms with van der Waals surface area (Å²) in [4.78, 5) is 19.3. The molecule has 2 aromatic rings. The molecule has 0 aromatic carbocycles. The Morgan fingerprint density at radius 1 is 1.12 bits per heavy atom. The van der Waals surface area contributed by atoms with Crippen LogP contribution >= 0.6 is 0 Å². The molecule has 1 aliphatic carbocycles. The zero-order valence-corrected chi connectivity index (χ0v) is 15.3. The Hall–Kier alpha value is -2.24. The van der Waals surface area contributed by atoms with E-state index in [1.165, 1.54) is 32.1 Å². The summed E-state index contributed by atoms with van der Waals surface area (Å²) in [6.07, 6.45) is 13.5. The number of carbonyl (C=O) groups excluding carboxylic acids is 1. The molecule has 2 aliphatic rings. The van der Waals surface area contributed by atoms with E-state index in [-0.39, 0.29) is 11.9 Å². The molecule has 1 saturated carbocycles. The van der Waals surface area contributed by atoms with Gasteiger partial charge in [0.1, 0.15) is 0 Å². The van der Waals surface area contributed by atoms with Crippen LogP contribution in [-0.2, 0) is 6.54 Å². The molecule has 1 atom stereocenters. The molecule has 1 unspecified atom stereocenters. The van der Waals surface area contributed by atoms with Crippen LogP contribution in [0.4, 0.5) is 0 Å². The van der Waals surface area contributed by atoms with Gasteiger partial charge in [0.25, 0.3) is 5.91 Å². The summed E-state index contributed by atoms with van der Waals surface area (Å²) in [6, 6.07) is 5.93. The number of hydrogen-bond donors (Lipinski definition) is 0. The normalized spacial score (nSPS) is 21.2. The van der Waals surface area contributed by atoms with Gasteiger partial charge in [-0.2, -0.15) is 0 Å². The Morgan fingerprint density at radius 3 is 2.81 bits per heavy atom. The number of amides is 1. The second kappa shape index (κ2) is 7.98. The number of nitrogens with zero attached hydrogens (tertiary/aromatic N) is 5. The van der Waals surface area contributed by atoms with Gasteiger partial charge in [-0.15, -0.1) is 5.10 Å². The molecule has 138 valence electrons. The molecule has 1 saturated heterocycles. The number of likely N-dealkylation sites (tertiary alicyclic amines) is 1. The van der Waals surface area contributed by atoms with Crippen molar-refractivity contribution in [1.82, 2.24) is 24.9 Å². The molecule has 2 fully saturated rings. The maximum absolute atomic E-state index is 12.9. The van der Waals surface area contributed by atoms with Gasteiger partial charge in [-0.3, -0.25) is 14.5 Å². The predicted molar refractivity (Wildman–Crippen MR) is 98.5 cm³/mol. The van der Waals surface area contributed by atoms with Crippen molar-refractivity contribution in [2.45, 2.75) is 64.0 Å². The molecule has 0 bridgehead atoms. The van der Waals surface area contributed by atoms with Gasteiger partial charge < -0.3 is 4.90 Å². The Labute approximate surface area is 154 Å². The van der Waals surface area contributed by atoms with E-state index >= 15 is 0 Å². The standard InChI is InChI=1S/C20H27N5O/c26-20(25-13-6-10-19(25)17-9-4-5-12-21-17)18-15-24(23-22-18)14-11-16-7-2-1-3-8-16/h4-5,9,12,15-16,19H,1-3,6-8,10-11,13-14H2. The van der Waals surface area contributed by atoms with Gasteiger partial charge >= 0.3 is 0 Å². The van der Waals surface area contributed by atoms with Gasteiger partial charge in [0, 0.05) is 19.3 Å². The van der Waals surface area contributed by atoms with Crippen molar-refractivity contribution in [3.8, 4) is 0 Å². The summed E-state index contributed by atoms with van der Waals surface area (Å²) < 4.78 is 1.84. The van der Waals surface area contributed by atoms with Crippen LogP contribution in [0.2, 0.25) is 0 Å². The molecule has 2 aromatic heterocycles. The predicted octanol–water partition coefficient (Wildman–Crippen LogP) is 3.62. The summed E-state index contributed by atoms with van der Waals surface area (Å²) in [7, 11) is 0. The third-order valence-electron chi connectivity index (χ3n) is 5.79. The van der Waals surface area contributed by atoms with Crippen LogP contribution in [0.1, 0.15) is 73.6 Å². The van der Waals surface area contributed by atoms with Crippen LogP contribution in [0.25, 0.3) is 0 Å². The summed E-state index contributed by atoms with van der Waals surface area (Å²) in [5, 5.41) is 8.35. The second-order valence-corrected chi connectivity index (χ2v) is 7.57. The highest BCUT2D eigenvalue weighted by Crippen LogP contribution is 2.31. The second-order valence-electron chi connectivity index (χ2n) is 7.57. The monoisotopic (exact) mass is 353 g/mol. The summed E-state index contributed by atoms with van der Waals surface area (Å²) in [5.74, 6) is 0.779. The lowest BCUT2D eigenvalue weighted by Crippen LogP contribution is -2.31. The van der Waals surface area contributed by atoms with Crippen LogP contribution in [0, 0.1) is 5.92 Å². The van der Waals surface area contributed by atoms with Gasteiger partial charge in [0.15, 0.2) is 5.69 Å². The topological polar surface area (TPSA) is 63.9 Å². The van der Waals surface area contributed by atoms with Crippen LogP contribution in [0.3, 0.4) is 0 Å². The third kappa shape index (κ3) is 3.79. The molecular weight excluding hydrogens is 326 g/mol. The minimum atomic E-state index is -0.0259. The van der Waals surface area contributed by atoms with Gasteiger partial charge in [0.2, 0.25) is 0 Å². The van der Waals surface area contributed by atoms with Crippen LogP contribution in [0.5, 0.6) is 0 Å². The lowest BCUT2D eigenvalue weighted by molar-refractivity contribution is 0.0727. The minimum Gasteiger partial charge on any atom is -0.329 e. The molecular formula is C20H27N5O. The quantitative estimate of drug-likeness (QED) is 0.823. The Bertz CT molecular complexity index is 723. The van der Waals surface area contributed by atoms with Crippen molar-refractivity contribution < 1.29 is 4.79 Å². The first-order valence-corrected chi connectivity index (χ1v) is 9.93. The summed E-state index contributed by atoms with van der Waals surface area (Å²) in [5.41, 5.74) is 1.42. The molecule has 6 heteroatoms.